The number of nitrogens with one attached hydrogen (secondary N) is 1. The summed E-state index contributed by atoms with van der Waals surface area (Å²) in [6, 6.07) is 21.4. The summed E-state index contributed by atoms with van der Waals surface area (Å²) in [5.74, 6) is -0.395. The molecule has 156 valence electrons. The average molecular weight is 487 g/mol. The minimum absolute atomic E-state index is 0.0880. The normalized spacial score (nSPS) is 11.5. The first kappa shape index (κ1) is 22.2. The van der Waals surface area contributed by atoms with Crippen molar-refractivity contribution in [2.75, 3.05) is 11.9 Å². The maximum atomic E-state index is 13.3. The summed E-state index contributed by atoms with van der Waals surface area (Å²) in [5, 5.41) is 2.79. The van der Waals surface area contributed by atoms with E-state index in [1.54, 1.807) is 30.3 Å². The first-order valence-corrected chi connectivity index (χ1v) is 11.6. The fraction of sp³-hybridized carbons (Fsp3) is 0.174. The number of aryl methyl sites for hydroxylation is 2. The second-order valence-corrected chi connectivity index (χ2v) is 9.98. The van der Waals surface area contributed by atoms with Crippen LogP contribution in [0.1, 0.15) is 16.7 Å². The molecule has 0 heterocycles. The number of rotatable bonds is 7. The molecule has 0 aliphatic heterocycles. The van der Waals surface area contributed by atoms with Crippen molar-refractivity contribution in [1.29, 1.82) is 0 Å². The van der Waals surface area contributed by atoms with Crippen LogP contribution < -0.4 is 5.32 Å². The Bertz CT molecular complexity index is 1130. The van der Waals surface area contributed by atoms with Gasteiger partial charge in [-0.15, -0.1) is 0 Å². The number of carbonyl (C=O) groups is 1. The van der Waals surface area contributed by atoms with Gasteiger partial charge in [-0.1, -0.05) is 57.9 Å². The molecule has 0 bridgehead atoms. The van der Waals surface area contributed by atoms with E-state index in [2.05, 4.69) is 21.2 Å². The molecule has 0 radical (unpaired) electrons. The largest absolute Gasteiger partial charge is 0.325 e. The fourth-order valence-electron chi connectivity index (χ4n) is 2.96. The third-order valence-corrected chi connectivity index (χ3v) is 6.89. The van der Waals surface area contributed by atoms with Crippen LogP contribution >= 0.6 is 15.9 Å². The highest BCUT2D eigenvalue weighted by molar-refractivity contribution is 9.10. The molecule has 1 N–H and O–H groups in total. The molecule has 0 aliphatic rings. The van der Waals surface area contributed by atoms with Crippen LogP contribution in [0.5, 0.6) is 0 Å². The van der Waals surface area contributed by atoms with E-state index < -0.39 is 15.9 Å². The van der Waals surface area contributed by atoms with Gasteiger partial charge in [-0.3, -0.25) is 4.79 Å². The van der Waals surface area contributed by atoms with E-state index in [1.165, 1.54) is 4.31 Å². The van der Waals surface area contributed by atoms with Gasteiger partial charge in [0.25, 0.3) is 0 Å². The van der Waals surface area contributed by atoms with Crippen LogP contribution in [-0.2, 0) is 21.4 Å². The molecule has 0 spiro atoms. The number of hydrogen-bond acceptors (Lipinski definition) is 3. The van der Waals surface area contributed by atoms with Gasteiger partial charge >= 0.3 is 0 Å². The van der Waals surface area contributed by atoms with Crippen LogP contribution in [-0.4, -0.2) is 25.2 Å². The van der Waals surface area contributed by atoms with Gasteiger partial charge in [0.1, 0.15) is 0 Å². The quantitative estimate of drug-likeness (QED) is 0.516. The summed E-state index contributed by atoms with van der Waals surface area (Å²) in [6.45, 7) is 3.62. The summed E-state index contributed by atoms with van der Waals surface area (Å²) in [6.07, 6.45) is 0. The first-order valence-electron chi connectivity index (χ1n) is 9.42. The molecule has 5 nitrogen and oxygen atoms in total. The summed E-state index contributed by atoms with van der Waals surface area (Å²) in [5.41, 5.74) is 3.39. The van der Waals surface area contributed by atoms with Crippen LogP contribution in [0.2, 0.25) is 0 Å². The molecule has 1 amide bonds. The first-order chi connectivity index (χ1) is 14.2. The Morgan fingerprint density at radius 1 is 0.933 bits per heavy atom. The Labute approximate surface area is 185 Å². The summed E-state index contributed by atoms with van der Waals surface area (Å²) in [4.78, 5) is 12.8. The molecule has 0 atom stereocenters. The third-order valence-electron chi connectivity index (χ3n) is 4.55. The van der Waals surface area contributed by atoms with Crippen LogP contribution in [0, 0.1) is 13.8 Å². The number of anilines is 1. The van der Waals surface area contributed by atoms with E-state index in [9.17, 15) is 13.2 Å². The van der Waals surface area contributed by atoms with Crippen LogP contribution in [0.4, 0.5) is 5.69 Å². The fourth-order valence-corrected chi connectivity index (χ4v) is 4.61. The maximum Gasteiger partial charge on any atom is 0.243 e. The van der Waals surface area contributed by atoms with E-state index in [0.717, 1.165) is 21.2 Å². The highest BCUT2D eigenvalue weighted by atomic mass is 79.9. The van der Waals surface area contributed by atoms with Gasteiger partial charge in [0, 0.05) is 16.7 Å². The summed E-state index contributed by atoms with van der Waals surface area (Å²) in [7, 11) is -3.86. The minimum Gasteiger partial charge on any atom is -0.325 e. The monoisotopic (exact) mass is 486 g/mol. The molecule has 30 heavy (non-hydrogen) atoms. The number of carbonyl (C=O) groups excluding carboxylic acids is 1. The van der Waals surface area contributed by atoms with Gasteiger partial charge in [-0.05, 0) is 61.4 Å². The zero-order valence-corrected chi connectivity index (χ0v) is 19.2. The van der Waals surface area contributed by atoms with E-state index in [1.807, 2.05) is 56.3 Å². The minimum atomic E-state index is -3.86. The number of halogens is 1. The Morgan fingerprint density at radius 2 is 1.60 bits per heavy atom. The van der Waals surface area contributed by atoms with E-state index >= 15 is 0 Å². The Kier molecular flexibility index (Phi) is 7.07. The smallest absolute Gasteiger partial charge is 0.243 e. The van der Waals surface area contributed by atoms with Gasteiger partial charge < -0.3 is 5.32 Å². The van der Waals surface area contributed by atoms with Gasteiger partial charge in [0.15, 0.2) is 0 Å². The van der Waals surface area contributed by atoms with E-state index in [4.69, 9.17) is 0 Å². The van der Waals surface area contributed by atoms with Crippen LogP contribution in [0.3, 0.4) is 0 Å². The van der Waals surface area contributed by atoms with Crippen LogP contribution in [0.25, 0.3) is 0 Å². The van der Waals surface area contributed by atoms with Crippen molar-refractivity contribution in [1.82, 2.24) is 4.31 Å². The average Bonchev–Trinajstić information content (AvgIpc) is 2.69. The summed E-state index contributed by atoms with van der Waals surface area (Å²) < 4.78 is 28.7. The molecule has 3 rings (SSSR count). The van der Waals surface area contributed by atoms with Gasteiger partial charge in [-0.2, -0.15) is 4.31 Å². The summed E-state index contributed by atoms with van der Waals surface area (Å²) >= 11 is 3.38. The Balaban J connectivity index is 1.87. The predicted molar refractivity (Wildman–Crippen MR) is 123 cm³/mol. The Hall–Kier alpha value is -2.48. The number of nitrogens with zero attached hydrogens (tertiary/aromatic N) is 1. The highest BCUT2D eigenvalue weighted by Gasteiger charge is 2.27. The van der Waals surface area contributed by atoms with Crippen molar-refractivity contribution in [2.24, 2.45) is 0 Å². The number of sulfonamides is 1. The molecular formula is C23H23BrN2O3S. The second kappa shape index (κ2) is 9.55. The lowest BCUT2D eigenvalue weighted by Crippen LogP contribution is -2.37. The van der Waals surface area contributed by atoms with E-state index in [-0.39, 0.29) is 18.0 Å². The number of amides is 1. The molecule has 0 fully saturated rings. The molecule has 3 aromatic rings. The second-order valence-electron chi connectivity index (χ2n) is 7.13. The van der Waals surface area contributed by atoms with Crippen molar-refractivity contribution in [3.05, 3.63) is 94.0 Å². The molecule has 0 aliphatic carbocycles. The van der Waals surface area contributed by atoms with Gasteiger partial charge in [0.2, 0.25) is 15.9 Å². The SMILES string of the molecule is Cc1ccc(S(=O)(=O)N(CC(=O)Nc2cccc(C)c2)Cc2ccc(Br)cc2)cc1. The molecule has 0 aromatic heterocycles. The molecule has 0 unspecified atom stereocenters. The van der Waals surface area contributed by atoms with Crippen LogP contribution in [0.15, 0.2) is 82.2 Å². The number of benzene rings is 3. The third kappa shape index (κ3) is 5.78. The molecular weight excluding hydrogens is 464 g/mol. The van der Waals surface area contributed by atoms with Crippen molar-refractivity contribution >= 4 is 37.5 Å². The zero-order valence-electron chi connectivity index (χ0n) is 16.8. The standard InChI is InChI=1S/C23H23BrN2O3S/c1-17-6-12-22(13-7-17)30(28,29)26(15-19-8-10-20(24)11-9-19)16-23(27)25-21-5-3-4-18(2)14-21/h3-14H,15-16H2,1-2H3,(H,25,27). The van der Waals surface area contributed by atoms with Crippen molar-refractivity contribution in [3.63, 3.8) is 0 Å². The molecule has 7 heteroatoms. The van der Waals surface area contributed by atoms with Crippen molar-refractivity contribution in [3.8, 4) is 0 Å². The van der Waals surface area contributed by atoms with E-state index in [0.29, 0.717) is 5.69 Å². The van der Waals surface area contributed by atoms with Gasteiger partial charge in [-0.25, -0.2) is 8.42 Å². The lowest BCUT2D eigenvalue weighted by Gasteiger charge is -2.22. The number of hydrogen-bond donors (Lipinski definition) is 1. The molecule has 0 saturated carbocycles. The predicted octanol–water partition coefficient (Wildman–Crippen LogP) is 4.90. The zero-order chi connectivity index (χ0) is 21.7. The lowest BCUT2D eigenvalue weighted by atomic mass is 10.2. The lowest BCUT2D eigenvalue weighted by molar-refractivity contribution is -0.116. The van der Waals surface area contributed by atoms with Crippen molar-refractivity contribution < 1.29 is 13.2 Å². The highest BCUT2D eigenvalue weighted by Crippen LogP contribution is 2.20. The van der Waals surface area contributed by atoms with Crippen molar-refractivity contribution in [2.45, 2.75) is 25.3 Å². The molecule has 0 saturated heterocycles. The maximum absolute atomic E-state index is 13.3. The van der Waals surface area contributed by atoms with Gasteiger partial charge in [0.05, 0.1) is 11.4 Å². The Morgan fingerprint density at radius 3 is 2.23 bits per heavy atom. The molecule has 3 aromatic carbocycles. The topological polar surface area (TPSA) is 66.5 Å².